The fraction of sp³-hybridized carbons (Fsp3) is 0.273. The Kier molecular flexibility index (Phi) is 4.62. The lowest BCUT2D eigenvalue weighted by Gasteiger charge is -2.12. The largest absolute Gasteiger partial charge is 0.338 e. The molecular formula is C11H11Br2N3O3S. The summed E-state index contributed by atoms with van der Waals surface area (Å²) in [6.07, 6.45) is 0. The van der Waals surface area contributed by atoms with Crippen LogP contribution in [0.1, 0.15) is 24.7 Å². The van der Waals surface area contributed by atoms with Gasteiger partial charge in [-0.3, -0.25) is 0 Å². The lowest BCUT2D eigenvalue weighted by molar-refractivity contribution is 0.351. The fourth-order valence-corrected chi connectivity index (χ4v) is 4.22. The van der Waals surface area contributed by atoms with Gasteiger partial charge < -0.3 is 4.52 Å². The number of rotatable bonds is 4. The Morgan fingerprint density at radius 3 is 2.65 bits per heavy atom. The molecule has 1 unspecified atom stereocenters. The average Bonchev–Trinajstić information content (AvgIpc) is 2.78. The van der Waals surface area contributed by atoms with Crippen LogP contribution in [0.2, 0.25) is 0 Å². The molecule has 0 saturated carbocycles. The van der Waals surface area contributed by atoms with Gasteiger partial charge in [0.25, 0.3) is 0 Å². The summed E-state index contributed by atoms with van der Waals surface area (Å²) in [7, 11) is -3.71. The minimum absolute atomic E-state index is 0.134. The molecule has 1 atom stereocenters. The first-order valence-electron chi connectivity index (χ1n) is 5.57. The van der Waals surface area contributed by atoms with E-state index in [1.807, 2.05) is 0 Å². The van der Waals surface area contributed by atoms with E-state index in [1.54, 1.807) is 26.0 Å². The minimum atomic E-state index is -3.71. The van der Waals surface area contributed by atoms with E-state index in [0.717, 1.165) is 0 Å². The molecule has 6 nitrogen and oxygen atoms in total. The topological polar surface area (TPSA) is 85.1 Å². The van der Waals surface area contributed by atoms with E-state index in [9.17, 15) is 8.42 Å². The Hall–Kier alpha value is -0.770. The Balaban J connectivity index is 2.29. The zero-order valence-electron chi connectivity index (χ0n) is 10.6. The second-order valence-electron chi connectivity index (χ2n) is 4.10. The summed E-state index contributed by atoms with van der Waals surface area (Å²) < 4.78 is 33.3. The number of aryl methyl sites for hydroxylation is 1. The molecule has 20 heavy (non-hydrogen) atoms. The van der Waals surface area contributed by atoms with Gasteiger partial charge in [-0.05, 0) is 48.0 Å². The van der Waals surface area contributed by atoms with Crippen molar-refractivity contribution in [3.05, 3.63) is 38.9 Å². The molecule has 0 aliphatic carbocycles. The molecule has 0 spiro atoms. The molecule has 1 aromatic carbocycles. The summed E-state index contributed by atoms with van der Waals surface area (Å²) >= 11 is 6.47. The molecule has 0 amide bonds. The van der Waals surface area contributed by atoms with Gasteiger partial charge in [0.05, 0.1) is 10.9 Å². The van der Waals surface area contributed by atoms with Crippen molar-refractivity contribution >= 4 is 41.9 Å². The summed E-state index contributed by atoms with van der Waals surface area (Å²) in [5.74, 6) is 0.673. The number of nitrogens with one attached hydrogen (secondary N) is 1. The van der Waals surface area contributed by atoms with Gasteiger partial charge in [0.15, 0.2) is 5.82 Å². The number of hydrogen-bond acceptors (Lipinski definition) is 5. The third-order valence-corrected chi connectivity index (χ3v) is 5.46. The van der Waals surface area contributed by atoms with E-state index >= 15 is 0 Å². The monoisotopic (exact) mass is 423 g/mol. The third-order valence-electron chi connectivity index (χ3n) is 2.43. The van der Waals surface area contributed by atoms with E-state index in [1.165, 1.54) is 6.07 Å². The summed E-state index contributed by atoms with van der Waals surface area (Å²) in [6.45, 7) is 3.30. The van der Waals surface area contributed by atoms with Gasteiger partial charge in [0.1, 0.15) is 0 Å². The number of aromatic nitrogens is 2. The molecule has 0 saturated heterocycles. The molecule has 0 aliphatic heterocycles. The number of benzene rings is 1. The normalized spacial score (nSPS) is 13.4. The predicted molar refractivity (Wildman–Crippen MR) is 79.6 cm³/mol. The Morgan fingerprint density at radius 1 is 1.35 bits per heavy atom. The van der Waals surface area contributed by atoms with Gasteiger partial charge in [0, 0.05) is 8.95 Å². The van der Waals surface area contributed by atoms with Crippen LogP contribution in [-0.4, -0.2) is 18.6 Å². The van der Waals surface area contributed by atoms with Crippen LogP contribution in [-0.2, 0) is 10.0 Å². The lowest BCUT2D eigenvalue weighted by Crippen LogP contribution is -2.27. The molecular weight excluding hydrogens is 414 g/mol. The van der Waals surface area contributed by atoms with E-state index in [2.05, 4.69) is 46.7 Å². The summed E-state index contributed by atoms with van der Waals surface area (Å²) in [4.78, 5) is 4.14. The third kappa shape index (κ3) is 3.46. The molecule has 0 bridgehead atoms. The molecule has 2 aromatic rings. The number of hydrogen-bond donors (Lipinski definition) is 1. The van der Waals surface area contributed by atoms with Crippen molar-refractivity contribution in [1.82, 2.24) is 14.9 Å². The second-order valence-corrected chi connectivity index (χ2v) is 7.55. The van der Waals surface area contributed by atoms with Crippen LogP contribution >= 0.6 is 31.9 Å². The number of nitrogens with zero attached hydrogens (tertiary/aromatic N) is 2. The Morgan fingerprint density at radius 2 is 2.05 bits per heavy atom. The van der Waals surface area contributed by atoms with Crippen molar-refractivity contribution in [2.45, 2.75) is 24.8 Å². The second kappa shape index (κ2) is 5.92. The highest BCUT2D eigenvalue weighted by atomic mass is 79.9. The predicted octanol–water partition coefficient (Wildman–Crippen LogP) is 2.94. The summed E-state index contributed by atoms with van der Waals surface area (Å²) in [5, 5.41) is 3.63. The molecule has 9 heteroatoms. The maximum absolute atomic E-state index is 12.3. The summed E-state index contributed by atoms with van der Waals surface area (Å²) in [6, 6.07) is 4.29. The molecule has 0 aliphatic rings. The van der Waals surface area contributed by atoms with E-state index < -0.39 is 16.1 Å². The summed E-state index contributed by atoms with van der Waals surface area (Å²) in [5.41, 5.74) is 0. The van der Waals surface area contributed by atoms with E-state index in [-0.39, 0.29) is 10.8 Å². The highest BCUT2D eigenvalue weighted by Gasteiger charge is 2.24. The van der Waals surface area contributed by atoms with Crippen LogP contribution in [0.4, 0.5) is 0 Å². The molecule has 1 N–H and O–H groups in total. The van der Waals surface area contributed by atoms with Crippen LogP contribution in [0.15, 0.2) is 36.6 Å². The standard InChI is InChI=1S/C11H11Br2N3O3S/c1-6(11-14-7(2)15-19-11)16-20(17,18)10-5-8(12)3-4-9(10)13/h3-6,16H,1-2H3. The fourth-order valence-electron chi connectivity index (χ4n) is 1.52. The Bertz CT molecular complexity index is 730. The smallest absolute Gasteiger partial charge is 0.244 e. The molecule has 1 aromatic heterocycles. The van der Waals surface area contributed by atoms with Gasteiger partial charge in [-0.2, -0.15) is 9.71 Å². The molecule has 108 valence electrons. The first-order valence-corrected chi connectivity index (χ1v) is 8.64. The van der Waals surface area contributed by atoms with Crippen LogP contribution in [0.25, 0.3) is 0 Å². The van der Waals surface area contributed by atoms with Gasteiger partial charge in [-0.25, -0.2) is 8.42 Å². The van der Waals surface area contributed by atoms with Gasteiger partial charge >= 0.3 is 0 Å². The van der Waals surface area contributed by atoms with Gasteiger partial charge in [0.2, 0.25) is 15.9 Å². The molecule has 2 rings (SSSR count). The van der Waals surface area contributed by atoms with Crippen molar-refractivity contribution in [2.75, 3.05) is 0 Å². The van der Waals surface area contributed by atoms with Crippen LogP contribution in [0.3, 0.4) is 0 Å². The highest BCUT2D eigenvalue weighted by Crippen LogP contribution is 2.26. The van der Waals surface area contributed by atoms with Gasteiger partial charge in [-0.15, -0.1) is 0 Å². The molecule has 0 fully saturated rings. The van der Waals surface area contributed by atoms with Crippen molar-refractivity contribution in [3.63, 3.8) is 0 Å². The van der Waals surface area contributed by atoms with Crippen LogP contribution < -0.4 is 4.72 Å². The average molecular weight is 425 g/mol. The molecule has 0 radical (unpaired) electrons. The van der Waals surface area contributed by atoms with Crippen LogP contribution in [0, 0.1) is 6.92 Å². The number of sulfonamides is 1. The van der Waals surface area contributed by atoms with E-state index in [4.69, 9.17) is 4.52 Å². The molecule has 1 heterocycles. The first kappa shape index (κ1) is 15.6. The first-order chi connectivity index (χ1) is 9.29. The zero-order valence-corrected chi connectivity index (χ0v) is 14.6. The SMILES string of the molecule is Cc1noc(C(C)NS(=O)(=O)c2cc(Br)ccc2Br)n1. The van der Waals surface area contributed by atoms with Crippen molar-refractivity contribution in [3.8, 4) is 0 Å². The van der Waals surface area contributed by atoms with Crippen molar-refractivity contribution in [2.24, 2.45) is 0 Å². The van der Waals surface area contributed by atoms with E-state index in [0.29, 0.717) is 14.8 Å². The quantitative estimate of drug-likeness (QED) is 0.815. The van der Waals surface area contributed by atoms with Crippen molar-refractivity contribution < 1.29 is 12.9 Å². The number of halogens is 2. The maximum atomic E-state index is 12.3. The van der Waals surface area contributed by atoms with Gasteiger partial charge in [-0.1, -0.05) is 21.1 Å². The van der Waals surface area contributed by atoms with Crippen molar-refractivity contribution in [1.29, 1.82) is 0 Å². The zero-order chi connectivity index (χ0) is 14.9. The maximum Gasteiger partial charge on any atom is 0.244 e. The lowest BCUT2D eigenvalue weighted by atomic mass is 10.4. The highest BCUT2D eigenvalue weighted by molar-refractivity contribution is 9.11. The minimum Gasteiger partial charge on any atom is -0.338 e. The van der Waals surface area contributed by atoms with Crippen LogP contribution in [0.5, 0.6) is 0 Å². The Labute approximate surface area is 133 Å².